The van der Waals surface area contributed by atoms with Crippen molar-refractivity contribution in [2.75, 3.05) is 14.2 Å². The maximum absolute atomic E-state index is 12.2. The Balaban J connectivity index is 2.00. The number of rotatable bonds is 4. The Morgan fingerprint density at radius 2 is 1.92 bits per heavy atom. The fourth-order valence-electron chi connectivity index (χ4n) is 2.40. The van der Waals surface area contributed by atoms with Crippen LogP contribution in [0.25, 0.3) is 11.8 Å². The molecule has 122 valence electrons. The average molecular weight is 343 g/mol. The van der Waals surface area contributed by atoms with E-state index in [-0.39, 0.29) is 0 Å². The van der Waals surface area contributed by atoms with Gasteiger partial charge in [-0.1, -0.05) is 23.7 Å². The van der Waals surface area contributed by atoms with Crippen molar-refractivity contribution in [2.45, 2.75) is 0 Å². The SMILES string of the molecule is COc1ccc(OC)c(C2=CC(=Cc3cccc(Cl)c3)C(=O)O2)c1. The molecule has 0 aromatic heterocycles. The molecule has 1 aliphatic heterocycles. The van der Waals surface area contributed by atoms with Crippen LogP contribution in [0.3, 0.4) is 0 Å². The summed E-state index contributed by atoms with van der Waals surface area (Å²) in [5, 5.41) is 0.606. The topological polar surface area (TPSA) is 44.8 Å². The number of hydrogen-bond donors (Lipinski definition) is 0. The van der Waals surface area contributed by atoms with Crippen molar-refractivity contribution >= 4 is 29.4 Å². The third kappa shape index (κ3) is 3.29. The predicted molar refractivity (Wildman–Crippen MR) is 93.0 cm³/mol. The quantitative estimate of drug-likeness (QED) is 0.612. The highest BCUT2D eigenvalue weighted by Crippen LogP contribution is 2.35. The third-order valence-electron chi connectivity index (χ3n) is 3.57. The maximum atomic E-state index is 12.2. The Hall–Kier alpha value is -2.72. The largest absolute Gasteiger partial charge is 0.497 e. The minimum Gasteiger partial charge on any atom is -0.497 e. The van der Waals surface area contributed by atoms with Crippen molar-refractivity contribution in [3.8, 4) is 11.5 Å². The Labute approximate surface area is 144 Å². The Kier molecular flexibility index (Phi) is 4.58. The van der Waals surface area contributed by atoms with E-state index < -0.39 is 5.97 Å². The molecule has 3 rings (SSSR count). The molecule has 0 saturated heterocycles. The van der Waals surface area contributed by atoms with E-state index in [2.05, 4.69) is 0 Å². The van der Waals surface area contributed by atoms with Crippen LogP contribution >= 0.6 is 11.6 Å². The van der Waals surface area contributed by atoms with Gasteiger partial charge in [0, 0.05) is 5.02 Å². The second-order valence-corrected chi connectivity index (χ2v) is 5.56. The molecule has 2 aromatic rings. The van der Waals surface area contributed by atoms with Gasteiger partial charge in [0.15, 0.2) is 0 Å². The minimum absolute atomic E-state index is 0.420. The first-order chi connectivity index (χ1) is 11.6. The standard InChI is InChI=1S/C19H15ClO4/c1-22-15-6-7-17(23-2)16(11-15)18-10-13(19(21)24-18)8-12-4-3-5-14(20)9-12/h3-11H,1-2H3. The van der Waals surface area contributed by atoms with Crippen LogP contribution in [-0.2, 0) is 9.53 Å². The van der Waals surface area contributed by atoms with E-state index in [0.29, 0.717) is 33.4 Å². The van der Waals surface area contributed by atoms with Gasteiger partial charge < -0.3 is 14.2 Å². The van der Waals surface area contributed by atoms with Crippen LogP contribution < -0.4 is 9.47 Å². The summed E-state index contributed by atoms with van der Waals surface area (Å²) in [6.07, 6.45) is 3.41. The monoisotopic (exact) mass is 342 g/mol. The van der Waals surface area contributed by atoms with E-state index in [0.717, 1.165) is 5.56 Å². The van der Waals surface area contributed by atoms with Crippen LogP contribution in [0.4, 0.5) is 0 Å². The van der Waals surface area contributed by atoms with Gasteiger partial charge >= 0.3 is 5.97 Å². The number of ether oxygens (including phenoxy) is 3. The Bertz CT molecular complexity index is 852. The highest BCUT2D eigenvalue weighted by atomic mass is 35.5. The first-order valence-electron chi connectivity index (χ1n) is 7.24. The molecular formula is C19H15ClO4. The van der Waals surface area contributed by atoms with Crippen LogP contribution in [0.2, 0.25) is 5.02 Å². The average Bonchev–Trinajstić information content (AvgIpc) is 2.95. The molecule has 24 heavy (non-hydrogen) atoms. The van der Waals surface area contributed by atoms with Gasteiger partial charge in [0.05, 0.1) is 25.4 Å². The van der Waals surface area contributed by atoms with E-state index in [9.17, 15) is 4.79 Å². The summed E-state index contributed by atoms with van der Waals surface area (Å²) in [4.78, 5) is 12.2. The Morgan fingerprint density at radius 3 is 2.62 bits per heavy atom. The number of halogens is 1. The molecular weight excluding hydrogens is 328 g/mol. The molecule has 0 saturated carbocycles. The number of carbonyl (C=O) groups is 1. The molecule has 1 aliphatic rings. The van der Waals surface area contributed by atoms with Crippen molar-refractivity contribution in [1.82, 2.24) is 0 Å². The minimum atomic E-state index is -0.421. The van der Waals surface area contributed by atoms with Gasteiger partial charge in [-0.05, 0) is 48.0 Å². The smallest absolute Gasteiger partial charge is 0.343 e. The molecule has 0 fully saturated rings. The number of methoxy groups -OCH3 is 2. The predicted octanol–water partition coefficient (Wildman–Crippen LogP) is 4.34. The summed E-state index contributed by atoms with van der Waals surface area (Å²) in [5.41, 5.74) is 1.92. The van der Waals surface area contributed by atoms with Crippen LogP contribution in [0.1, 0.15) is 11.1 Å². The van der Waals surface area contributed by atoms with Gasteiger partial charge in [-0.25, -0.2) is 4.79 Å². The van der Waals surface area contributed by atoms with Gasteiger partial charge in [0.25, 0.3) is 0 Å². The normalized spacial score (nSPS) is 15.2. The number of benzene rings is 2. The third-order valence-corrected chi connectivity index (χ3v) is 3.80. The molecule has 0 amide bonds. The van der Waals surface area contributed by atoms with E-state index in [1.54, 1.807) is 56.7 Å². The summed E-state index contributed by atoms with van der Waals surface area (Å²) < 4.78 is 16.0. The van der Waals surface area contributed by atoms with Crippen molar-refractivity contribution in [2.24, 2.45) is 0 Å². The molecule has 5 heteroatoms. The first kappa shape index (κ1) is 16.1. The number of cyclic esters (lactones) is 1. The molecule has 0 spiro atoms. The molecule has 0 bridgehead atoms. The van der Waals surface area contributed by atoms with Crippen molar-refractivity contribution in [3.05, 3.63) is 70.3 Å². The van der Waals surface area contributed by atoms with E-state index >= 15 is 0 Å². The number of esters is 1. The zero-order valence-corrected chi connectivity index (χ0v) is 14.0. The molecule has 0 unspecified atom stereocenters. The second kappa shape index (κ2) is 6.81. The highest BCUT2D eigenvalue weighted by molar-refractivity contribution is 6.30. The lowest BCUT2D eigenvalue weighted by Crippen LogP contribution is -1.98. The van der Waals surface area contributed by atoms with Crippen LogP contribution in [-0.4, -0.2) is 20.2 Å². The van der Waals surface area contributed by atoms with Gasteiger partial charge in [-0.2, -0.15) is 0 Å². The van der Waals surface area contributed by atoms with E-state index in [4.69, 9.17) is 25.8 Å². The summed E-state index contributed by atoms with van der Waals surface area (Å²) in [7, 11) is 3.14. The molecule has 4 nitrogen and oxygen atoms in total. The lowest BCUT2D eigenvalue weighted by Gasteiger charge is -2.10. The van der Waals surface area contributed by atoms with Crippen LogP contribution in [0.15, 0.2) is 54.1 Å². The van der Waals surface area contributed by atoms with E-state index in [1.165, 1.54) is 0 Å². The van der Waals surface area contributed by atoms with E-state index in [1.807, 2.05) is 12.1 Å². The summed E-state index contributed by atoms with van der Waals surface area (Å²) in [6.45, 7) is 0. The van der Waals surface area contributed by atoms with Crippen molar-refractivity contribution in [3.63, 3.8) is 0 Å². The van der Waals surface area contributed by atoms with Crippen molar-refractivity contribution < 1.29 is 19.0 Å². The summed E-state index contributed by atoms with van der Waals surface area (Å²) >= 11 is 5.97. The Morgan fingerprint density at radius 1 is 1.08 bits per heavy atom. The fraction of sp³-hybridized carbons (Fsp3) is 0.105. The molecule has 2 aromatic carbocycles. The maximum Gasteiger partial charge on any atom is 0.343 e. The van der Waals surface area contributed by atoms with Crippen molar-refractivity contribution in [1.29, 1.82) is 0 Å². The molecule has 0 aliphatic carbocycles. The second-order valence-electron chi connectivity index (χ2n) is 5.12. The zero-order chi connectivity index (χ0) is 17.1. The van der Waals surface area contributed by atoms with Crippen LogP contribution in [0, 0.1) is 0 Å². The zero-order valence-electron chi connectivity index (χ0n) is 13.2. The summed E-state index contributed by atoms with van der Waals surface area (Å²) in [6, 6.07) is 12.6. The lowest BCUT2D eigenvalue weighted by molar-refractivity contribution is -0.130. The van der Waals surface area contributed by atoms with Gasteiger partial charge in [0.2, 0.25) is 0 Å². The lowest BCUT2D eigenvalue weighted by atomic mass is 10.1. The fourth-order valence-corrected chi connectivity index (χ4v) is 2.60. The van der Waals surface area contributed by atoms with Crippen LogP contribution in [0.5, 0.6) is 11.5 Å². The van der Waals surface area contributed by atoms with Gasteiger partial charge in [0.1, 0.15) is 17.3 Å². The molecule has 0 atom stereocenters. The molecule has 0 N–H and O–H groups in total. The molecule has 0 radical (unpaired) electrons. The first-order valence-corrected chi connectivity index (χ1v) is 7.62. The summed E-state index contributed by atoms with van der Waals surface area (Å²) in [5.74, 6) is 1.24. The number of hydrogen-bond acceptors (Lipinski definition) is 4. The highest BCUT2D eigenvalue weighted by Gasteiger charge is 2.24. The molecule has 1 heterocycles. The van der Waals surface area contributed by atoms with Gasteiger partial charge in [-0.15, -0.1) is 0 Å². The number of carbonyl (C=O) groups excluding carboxylic acids is 1. The van der Waals surface area contributed by atoms with Gasteiger partial charge in [-0.3, -0.25) is 0 Å².